The zero-order chi connectivity index (χ0) is 15.0. The van der Waals surface area contributed by atoms with Crippen molar-refractivity contribution < 1.29 is 9.47 Å². The smallest absolute Gasteiger partial charge is 0.0790 e. The highest BCUT2D eigenvalue weighted by Crippen LogP contribution is 2.42. The molecule has 2 aliphatic rings. The minimum absolute atomic E-state index is 0.0867. The minimum atomic E-state index is -0.112. The normalized spacial score (nSPS) is 33.8. The summed E-state index contributed by atoms with van der Waals surface area (Å²) in [5, 5.41) is 3.49. The molecule has 118 valence electrons. The van der Waals surface area contributed by atoms with Crippen LogP contribution in [0.25, 0.3) is 0 Å². The first-order chi connectivity index (χ1) is 9.28. The van der Waals surface area contributed by atoms with Crippen molar-refractivity contribution in [2.24, 2.45) is 5.92 Å². The predicted octanol–water partition coefficient (Wildman–Crippen LogP) is 1.89. The maximum atomic E-state index is 6.33. The van der Waals surface area contributed by atoms with Gasteiger partial charge in [-0.25, -0.2) is 0 Å². The van der Waals surface area contributed by atoms with E-state index in [1.54, 1.807) is 0 Å². The second-order valence-corrected chi connectivity index (χ2v) is 7.46. The summed E-state index contributed by atoms with van der Waals surface area (Å²) in [4.78, 5) is 2.52. The van der Waals surface area contributed by atoms with Gasteiger partial charge < -0.3 is 19.7 Å². The van der Waals surface area contributed by atoms with Crippen molar-refractivity contribution in [1.29, 1.82) is 0 Å². The molecule has 1 N–H and O–H groups in total. The molecule has 0 aromatic carbocycles. The third kappa shape index (κ3) is 3.19. The van der Waals surface area contributed by atoms with Crippen LogP contribution in [0.5, 0.6) is 0 Å². The fraction of sp³-hybridized carbons (Fsp3) is 1.00. The number of nitrogens with zero attached hydrogens (tertiary/aromatic N) is 1. The van der Waals surface area contributed by atoms with Crippen molar-refractivity contribution in [3.05, 3.63) is 0 Å². The van der Waals surface area contributed by atoms with E-state index in [2.05, 4.69) is 52.0 Å². The summed E-state index contributed by atoms with van der Waals surface area (Å²) in [5.74, 6) is 0.496. The van der Waals surface area contributed by atoms with Crippen LogP contribution in [0.2, 0.25) is 0 Å². The average molecular weight is 284 g/mol. The molecule has 0 saturated carbocycles. The van der Waals surface area contributed by atoms with Gasteiger partial charge in [0, 0.05) is 37.8 Å². The molecule has 2 aliphatic heterocycles. The molecule has 2 rings (SSSR count). The van der Waals surface area contributed by atoms with E-state index in [0.717, 1.165) is 32.6 Å². The van der Waals surface area contributed by atoms with Gasteiger partial charge in [0.1, 0.15) is 0 Å². The summed E-state index contributed by atoms with van der Waals surface area (Å²) in [6, 6.07) is 1.04. The quantitative estimate of drug-likeness (QED) is 0.855. The number of ether oxygens (including phenoxy) is 2. The number of rotatable bonds is 4. The van der Waals surface area contributed by atoms with Crippen molar-refractivity contribution in [3.8, 4) is 0 Å². The van der Waals surface area contributed by atoms with Crippen LogP contribution in [0.15, 0.2) is 0 Å². The number of likely N-dealkylation sites (N-methyl/N-ethyl adjacent to an activating group) is 1. The molecule has 2 saturated heterocycles. The van der Waals surface area contributed by atoms with E-state index in [1.165, 1.54) is 0 Å². The van der Waals surface area contributed by atoms with Crippen molar-refractivity contribution >= 4 is 0 Å². The van der Waals surface area contributed by atoms with Crippen LogP contribution in [-0.2, 0) is 9.47 Å². The zero-order valence-corrected chi connectivity index (χ0v) is 14.0. The van der Waals surface area contributed by atoms with Gasteiger partial charge in [0.25, 0.3) is 0 Å². The van der Waals surface area contributed by atoms with E-state index in [1.807, 2.05) is 0 Å². The Morgan fingerprint density at radius 3 is 2.25 bits per heavy atom. The van der Waals surface area contributed by atoms with Gasteiger partial charge in [-0.2, -0.15) is 0 Å². The Balaban J connectivity index is 2.05. The highest BCUT2D eigenvalue weighted by Gasteiger charge is 2.53. The van der Waals surface area contributed by atoms with E-state index in [4.69, 9.17) is 9.47 Å². The van der Waals surface area contributed by atoms with Crippen LogP contribution in [0.4, 0.5) is 0 Å². The van der Waals surface area contributed by atoms with Gasteiger partial charge in [0.15, 0.2) is 0 Å². The molecule has 2 atom stereocenters. The molecule has 0 aromatic heterocycles. The highest BCUT2D eigenvalue weighted by molar-refractivity contribution is 5.05. The molecule has 0 amide bonds. The Bertz CT molecular complexity index is 324. The summed E-state index contributed by atoms with van der Waals surface area (Å²) >= 11 is 0. The topological polar surface area (TPSA) is 33.7 Å². The van der Waals surface area contributed by atoms with E-state index < -0.39 is 0 Å². The van der Waals surface area contributed by atoms with Gasteiger partial charge in [-0.1, -0.05) is 0 Å². The standard InChI is InChI=1S/C16H32N2O2/c1-15(2)13(14(17-5)16(3,4)20-15)11-18(6)12-7-9-19-10-8-12/h12-14,17H,7-11H2,1-6H3. The lowest BCUT2D eigenvalue weighted by Gasteiger charge is -2.37. The molecular formula is C16H32N2O2. The van der Waals surface area contributed by atoms with Crippen molar-refractivity contribution in [2.75, 3.05) is 33.9 Å². The molecule has 0 aliphatic carbocycles. The Kier molecular flexibility index (Phi) is 4.80. The Hall–Kier alpha value is -0.160. The van der Waals surface area contributed by atoms with Crippen molar-refractivity contribution in [2.45, 2.75) is 63.8 Å². The number of nitrogens with one attached hydrogen (secondary N) is 1. The monoisotopic (exact) mass is 284 g/mol. The lowest BCUT2D eigenvalue weighted by atomic mass is 9.82. The van der Waals surface area contributed by atoms with Crippen LogP contribution < -0.4 is 5.32 Å². The fourth-order valence-corrected chi connectivity index (χ4v) is 4.16. The lowest BCUT2D eigenvalue weighted by Crippen LogP contribution is -2.51. The summed E-state index contributed by atoms with van der Waals surface area (Å²) in [6.45, 7) is 11.7. The first-order valence-corrected chi connectivity index (χ1v) is 7.93. The first kappa shape index (κ1) is 16.2. The lowest BCUT2D eigenvalue weighted by molar-refractivity contribution is -0.0803. The van der Waals surface area contributed by atoms with Gasteiger partial charge in [0.2, 0.25) is 0 Å². The van der Waals surface area contributed by atoms with E-state index in [-0.39, 0.29) is 11.2 Å². The summed E-state index contributed by atoms with van der Waals surface area (Å²) < 4.78 is 11.8. The average Bonchev–Trinajstić information content (AvgIpc) is 2.54. The second-order valence-electron chi connectivity index (χ2n) is 7.46. The van der Waals surface area contributed by atoms with Crippen LogP contribution in [0, 0.1) is 5.92 Å². The molecule has 2 heterocycles. The molecule has 0 bridgehead atoms. The van der Waals surface area contributed by atoms with Gasteiger partial charge in [-0.05, 0) is 54.6 Å². The van der Waals surface area contributed by atoms with Crippen LogP contribution in [-0.4, -0.2) is 62.0 Å². The van der Waals surface area contributed by atoms with Gasteiger partial charge in [0.05, 0.1) is 11.2 Å². The molecule has 0 radical (unpaired) electrons. The van der Waals surface area contributed by atoms with E-state index in [0.29, 0.717) is 18.0 Å². The SMILES string of the molecule is CNC1C(CN(C)C2CCOCC2)C(C)(C)OC1(C)C. The van der Waals surface area contributed by atoms with Crippen molar-refractivity contribution in [1.82, 2.24) is 10.2 Å². The molecule has 0 aromatic rings. The van der Waals surface area contributed by atoms with Crippen LogP contribution in [0.3, 0.4) is 0 Å². The highest BCUT2D eigenvalue weighted by atomic mass is 16.5. The van der Waals surface area contributed by atoms with Gasteiger partial charge in [-0.15, -0.1) is 0 Å². The first-order valence-electron chi connectivity index (χ1n) is 7.93. The molecule has 2 unspecified atom stereocenters. The van der Waals surface area contributed by atoms with Crippen molar-refractivity contribution in [3.63, 3.8) is 0 Å². The Labute approximate surface area is 124 Å². The molecule has 4 nitrogen and oxygen atoms in total. The predicted molar refractivity (Wildman–Crippen MR) is 82.1 cm³/mol. The number of hydrogen-bond donors (Lipinski definition) is 1. The van der Waals surface area contributed by atoms with E-state index >= 15 is 0 Å². The largest absolute Gasteiger partial charge is 0.381 e. The van der Waals surface area contributed by atoms with Gasteiger partial charge in [-0.3, -0.25) is 0 Å². The Morgan fingerprint density at radius 1 is 1.10 bits per heavy atom. The molecular weight excluding hydrogens is 252 g/mol. The fourth-order valence-electron chi connectivity index (χ4n) is 4.16. The maximum Gasteiger partial charge on any atom is 0.0790 e. The van der Waals surface area contributed by atoms with Gasteiger partial charge >= 0.3 is 0 Å². The Morgan fingerprint density at radius 2 is 1.70 bits per heavy atom. The summed E-state index contributed by atoms with van der Waals surface area (Å²) in [7, 11) is 4.31. The molecule has 20 heavy (non-hydrogen) atoms. The zero-order valence-electron chi connectivity index (χ0n) is 14.0. The minimum Gasteiger partial charge on any atom is -0.381 e. The summed E-state index contributed by atoms with van der Waals surface area (Å²) in [5.41, 5.74) is -0.198. The number of hydrogen-bond acceptors (Lipinski definition) is 4. The second kappa shape index (κ2) is 5.91. The maximum absolute atomic E-state index is 6.33. The molecule has 0 spiro atoms. The van der Waals surface area contributed by atoms with E-state index in [9.17, 15) is 0 Å². The third-order valence-electron chi connectivity index (χ3n) is 5.18. The van der Waals surface area contributed by atoms with Crippen LogP contribution >= 0.6 is 0 Å². The molecule has 2 fully saturated rings. The van der Waals surface area contributed by atoms with Crippen LogP contribution in [0.1, 0.15) is 40.5 Å². The third-order valence-corrected chi connectivity index (χ3v) is 5.18. The molecule has 4 heteroatoms. The summed E-state index contributed by atoms with van der Waals surface area (Å²) in [6.07, 6.45) is 2.30.